The second-order valence-electron chi connectivity index (χ2n) is 10.2. The van der Waals surface area contributed by atoms with Crippen LogP contribution in [0.2, 0.25) is 0 Å². The molecule has 1 N–H and O–H groups in total. The first-order valence-electron chi connectivity index (χ1n) is 13.7. The number of aromatic nitrogens is 3. The van der Waals surface area contributed by atoms with Gasteiger partial charge in [0.1, 0.15) is 6.10 Å². The number of benzene rings is 1. The topological polar surface area (TPSA) is 79.7 Å². The second-order valence-corrected chi connectivity index (χ2v) is 10.2. The molecule has 0 amide bonds. The molecule has 38 heavy (non-hydrogen) atoms. The highest BCUT2D eigenvalue weighted by atomic mass is 16.5. The molecule has 1 aliphatic heterocycles. The number of rotatable bonds is 13. The zero-order valence-corrected chi connectivity index (χ0v) is 22.0. The van der Waals surface area contributed by atoms with Crippen LogP contribution in [0.5, 0.6) is 5.88 Å². The molecule has 0 radical (unpaired) electrons. The summed E-state index contributed by atoms with van der Waals surface area (Å²) in [5.74, 6) is 0.667. The molecule has 2 fully saturated rings. The Bertz CT molecular complexity index is 1350. The Kier molecular flexibility index (Phi) is 7.83. The number of nitrogens with one attached hydrogen (secondary N) is 1. The quantitative estimate of drug-likeness (QED) is 0.262. The molecule has 0 spiro atoms. The molecule has 4 heterocycles. The van der Waals surface area contributed by atoms with Gasteiger partial charge in [-0.2, -0.15) is 0 Å². The number of aryl methyl sites for hydroxylation is 1. The minimum absolute atomic E-state index is 0.168. The van der Waals surface area contributed by atoms with E-state index in [1.807, 2.05) is 24.7 Å². The van der Waals surface area contributed by atoms with Crippen LogP contribution in [0.4, 0.5) is 0 Å². The number of pyridine rings is 2. The summed E-state index contributed by atoms with van der Waals surface area (Å²) in [6.45, 7) is 4.96. The SMILES string of the molecule is Cn1c2ccncc2c2ccc(-c3ccc(OC4CC(OCCCOCCCOC5CNC5)C4)nc3)cc21. The number of ether oxygens (including phenoxy) is 4. The van der Waals surface area contributed by atoms with E-state index in [4.69, 9.17) is 18.9 Å². The molecule has 8 nitrogen and oxygen atoms in total. The summed E-state index contributed by atoms with van der Waals surface area (Å²) in [6.07, 6.45) is 10.2. The van der Waals surface area contributed by atoms with Crippen LogP contribution in [-0.4, -0.2) is 72.4 Å². The number of hydrogen-bond acceptors (Lipinski definition) is 7. The molecule has 1 aliphatic carbocycles. The molecular formula is C30H36N4O4. The molecule has 4 aromatic rings. The van der Waals surface area contributed by atoms with Crippen LogP contribution in [0.15, 0.2) is 55.0 Å². The number of hydrogen-bond donors (Lipinski definition) is 1. The average molecular weight is 517 g/mol. The van der Waals surface area contributed by atoms with Crippen LogP contribution < -0.4 is 10.1 Å². The number of nitrogens with zero attached hydrogens (tertiary/aromatic N) is 3. The highest BCUT2D eigenvalue weighted by Crippen LogP contribution is 2.32. The molecule has 8 heteroatoms. The first kappa shape index (κ1) is 25.2. The van der Waals surface area contributed by atoms with Gasteiger partial charge in [-0.25, -0.2) is 4.98 Å². The van der Waals surface area contributed by atoms with Gasteiger partial charge in [0.2, 0.25) is 5.88 Å². The molecule has 0 unspecified atom stereocenters. The van der Waals surface area contributed by atoms with Crippen LogP contribution in [-0.2, 0) is 21.3 Å². The van der Waals surface area contributed by atoms with Gasteiger partial charge in [0.25, 0.3) is 0 Å². The molecule has 1 aromatic carbocycles. The van der Waals surface area contributed by atoms with Gasteiger partial charge >= 0.3 is 0 Å². The van der Waals surface area contributed by atoms with Gasteiger partial charge in [0.05, 0.1) is 17.7 Å². The first-order chi connectivity index (χ1) is 18.7. The molecule has 2 aliphatic rings. The lowest BCUT2D eigenvalue weighted by Crippen LogP contribution is -2.48. The first-order valence-corrected chi connectivity index (χ1v) is 13.7. The monoisotopic (exact) mass is 516 g/mol. The van der Waals surface area contributed by atoms with Crippen LogP contribution >= 0.6 is 0 Å². The van der Waals surface area contributed by atoms with E-state index < -0.39 is 0 Å². The average Bonchev–Trinajstić information content (AvgIpc) is 3.19. The third-order valence-electron chi connectivity index (χ3n) is 7.53. The van der Waals surface area contributed by atoms with E-state index in [-0.39, 0.29) is 12.2 Å². The van der Waals surface area contributed by atoms with Crippen LogP contribution in [0.25, 0.3) is 32.9 Å². The third-order valence-corrected chi connectivity index (χ3v) is 7.53. The van der Waals surface area contributed by atoms with Crippen molar-refractivity contribution >= 4 is 21.8 Å². The number of fused-ring (bicyclic) bond motifs is 3. The van der Waals surface area contributed by atoms with Gasteiger partial charge in [-0.15, -0.1) is 0 Å². The Morgan fingerprint density at radius 2 is 1.61 bits per heavy atom. The normalized spacial score (nSPS) is 19.5. The van der Waals surface area contributed by atoms with Crippen molar-refractivity contribution < 1.29 is 18.9 Å². The predicted octanol–water partition coefficient (Wildman–Crippen LogP) is 4.50. The molecular weight excluding hydrogens is 480 g/mol. The van der Waals surface area contributed by atoms with Crippen molar-refractivity contribution in [3.63, 3.8) is 0 Å². The zero-order valence-electron chi connectivity index (χ0n) is 22.0. The maximum Gasteiger partial charge on any atom is 0.213 e. The minimum atomic E-state index is 0.168. The standard InChI is InChI=1S/C30H36N4O4/c1-34-28-8-9-31-20-27(28)26-6-4-21(14-29(26)34)22-5-7-30(33-17-22)38-24-15-23(16-24)36-12-2-10-35-11-3-13-37-25-18-32-19-25/h4-9,14,17,20,23-25,32H,2-3,10-13,15-16,18-19H2,1H3. The molecule has 3 aromatic heterocycles. The largest absolute Gasteiger partial charge is 0.474 e. The highest BCUT2D eigenvalue weighted by molar-refractivity contribution is 6.08. The molecule has 6 rings (SSSR count). The Morgan fingerprint density at radius 1 is 0.816 bits per heavy atom. The van der Waals surface area contributed by atoms with Crippen molar-refractivity contribution in [3.8, 4) is 17.0 Å². The van der Waals surface area contributed by atoms with Crippen molar-refractivity contribution in [1.82, 2.24) is 19.9 Å². The fraction of sp³-hybridized carbons (Fsp3) is 0.467. The highest BCUT2D eigenvalue weighted by Gasteiger charge is 2.31. The lowest BCUT2D eigenvalue weighted by atomic mass is 9.92. The van der Waals surface area contributed by atoms with E-state index in [9.17, 15) is 0 Å². The summed E-state index contributed by atoms with van der Waals surface area (Å²) in [7, 11) is 2.10. The lowest BCUT2D eigenvalue weighted by Gasteiger charge is -2.34. The Balaban J connectivity index is 0.900. The fourth-order valence-electron chi connectivity index (χ4n) is 5.08. The van der Waals surface area contributed by atoms with Gasteiger partial charge < -0.3 is 28.8 Å². The molecule has 200 valence electrons. The zero-order chi connectivity index (χ0) is 25.7. The summed E-state index contributed by atoms with van der Waals surface area (Å²) in [5.41, 5.74) is 4.58. The van der Waals surface area contributed by atoms with Gasteiger partial charge in [-0.1, -0.05) is 12.1 Å². The van der Waals surface area contributed by atoms with E-state index in [2.05, 4.69) is 57.2 Å². The summed E-state index contributed by atoms with van der Waals surface area (Å²) in [5, 5.41) is 5.59. The summed E-state index contributed by atoms with van der Waals surface area (Å²) in [4.78, 5) is 8.87. The maximum absolute atomic E-state index is 6.07. The smallest absolute Gasteiger partial charge is 0.213 e. The van der Waals surface area contributed by atoms with E-state index in [1.165, 1.54) is 21.8 Å². The van der Waals surface area contributed by atoms with Gasteiger partial charge in [-0.3, -0.25) is 4.98 Å². The van der Waals surface area contributed by atoms with Gasteiger partial charge in [-0.05, 0) is 36.6 Å². The minimum Gasteiger partial charge on any atom is -0.474 e. The summed E-state index contributed by atoms with van der Waals surface area (Å²) in [6, 6.07) is 12.6. The van der Waals surface area contributed by atoms with E-state index in [1.54, 1.807) is 0 Å². The predicted molar refractivity (Wildman–Crippen MR) is 148 cm³/mol. The van der Waals surface area contributed by atoms with Gasteiger partial charge in [0, 0.05) is 106 Å². The van der Waals surface area contributed by atoms with Crippen molar-refractivity contribution in [2.45, 2.75) is 44.0 Å². The maximum atomic E-state index is 6.07. The van der Waals surface area contributed by atoms with Crippen molar-refractivity contribution in [2.75, 3.05) is 39.5 Å². The van der Waals surface area contributed by atoms with Crippen LogP contribution in [0.1, 0.15) is 25.7 Å². The van der Waals surface area contributed by atoms with Crippen LogP contribution in [0.3, 0.4) is 0 Å². The molecule has 1 saturated heterocycles. The third kappa shape index (κ3) is 5.68. The Morgan fingerprint density at radius 3 is 2.34 bits per heavy atom. The van der Waals surface area contributed by atoms with Gasteiger partial charge in [0.15, 0.2) is 0 Å². The van der Waals surface area contributed by atoms with Crippen LogP contribution in [0, 0.1) is 0 Å². The fourth-order valence-corrected chi connectivity index (χ4v) is 5.08. The van der Waals surface area contributed by atoms with E-state index >= 15 is 0 Å². The second kappa shape index (κ2) is 11.8. The van der Waals surface area contributed by atoms with Crippen molar-refractivity contribution in [2.24, 2.45) is 7.05 Å². The lowest BCUT2D eigenvalue weighted by molar-refractivity contribution is -0.0665. The van der Waals surface area contributed by atoms with E-state index in [0.717, 1.165) is 76.3 Å². The van der Waals surface area contributed by atoms with Crippen molar-refractivity contribution in [3.05, 3.63) is 55.0 Å². The van der Waals surface area contributed by atoms with Crippen molar-refractivity contribution in [1.29, 1.82) is 0 Å². The molecule has 1 saturated carbocycles. The summed E-state index contributed by atoms with van der Waals surface area (Å²) >= 11 is 0. The Hall–Kier alpha value is -3.04. The molecule has 0 atom stereocenters. The van der Waals surface area contributed by atoms with E-state index in [0.29, 0.717) is 12.0 Å². The Labute approximate surface area is 223 Å². The molecule has 0 bridgehead atoms. The summed E-state index contributed by atoms with van der Waals surface area (Å²) < 4.78 is 25.6.